The predicted octanol–water partition coefficient (Wildman–Crippen LogP) is 4.50. The second-order valence-corrected chi connectivity index (χ2v) is 11.2. The molecular weight excluding hydrogens is 438 g/mol. The molecule has 0 fully saturated rings. The number of para-hydroxylation sites is 1. The number of rotatable bonds is 6. The molecule has 0 amide bonds. The monoisotopic (exact) mass is 469 g/mol. The summed E-state index contributed by atoms with van der Waals surface area (Å²) in [6, 6.07) is 14.0. The zero-order chi connectivity index (χ0) is 23.3. The Bertz CT molecular complexity index is 1310. The average Bonchev–Trinajstić information content (AvgIpc) is 3.12. The molecular formula is C25H31N3O2S2. The number of sulfonamides is 1. The van der Waals surface area contributed by atoms with Gasteiger partial charge in [-0.15, -0.1) is 0 Å². The van der Waals surface area contributed by atoms with Crippen LogP contribution < -0.4 is 9.62 Å². The fourth-order valence-electron chi connectivity index (χ4n) is 4.88. The second kappa shape index (κ2) is 8.28. The zero-order valence-electron chi connectivity index (χ0n) is 19.3. The number of anilines is 1. The first-order valence-corrected chi connectivity index (χ1v) is 12.9. The summed E-state index contributed by atoms with van der Waals surface area (Å²) >= 11 is 4.10. The summed E-state index contributed by atoms with van der Waals surface area (Å²) in [6.07, 6.45) is 4.47. The smallest absolute Gasteiger partial charge is 0.240 e. The normalized spacial score (nSPS) is 18.1. The number of nitrogens with zero attached hydrogens (tertiary/aromatic N) is 2. The van der Waals surface area contributed by atoms with Crippen LogP contribution in [0.25, 0.3) is 17.0 Å². The van der Waals surface area contributed by atoms with Crippen LogP contribution in [-0.2, 0) is 22.5 Å². The van der Waals surface area contributed by atoms with Crippen LogP contribution in [0.1, 0.15) is 30.7 Å². The Balaban J connectivity index is 1.72. The number of hydrogen-bond acceptors (Lipinski definition) is 4. The Labute approximate surface area is 196 Å². The highest BCUT2D eigenvalue weighted by molar-refractivity contribution is 7.89. The molecule has 0 aliphatic carbocycles. The van der Waals surface area contributed by atoms with Crippen molar-refractivity contribution in [1.82, 2.24) is 9.29 Å². The number of thiol groups is 1. The van der Waals surface area contributed by atoms with Crippen molar-refractivity contribution in [1.29, 1.82) is 0 Å². The molecule has 2 heterocycles. The molecule has 4 rings (SSSR count). The summed E-state index contributed by atoms with van der Waals surface area (Å²) < 4.78 is 30.2. The van der Waals surface area contributed by atoms with Crippen LogP contribution in [0.5, 0.6) is 0 Å². The van der Waals surface area contributed by atoms with E-state index >= 15 is 0 Å². The lowest BCUT2D eigenvalue weighted by atomic mass is 9.80. The highest BCUT2D eigenvalue weighted by atomic mass is 32.2. The molecule has 7 heteroatoms. The lowest BCUT2D eigenvalue weighted by Gasteiger charge is -2.29. The third-order valence-electron chi connectivity index (χ3n) is 6.81. The van der Waals surface area contributed by atoms with Gasteiger partial charge in [-0.1, -0.05) is 44.2 Å². The number of fused-ring (bicyclic) bond motifs is 2. The van der Waals surface area contributed by atoms with E-state index in [0.717, 1.165) is 11.3 Å². The fourth-order valence-corrected chi connectivity index (χ4v) is 6.20. The molecule has 170 valence electrons. The molecule has 1 aromatic heterocycles. The van der Waals surface area contributed by atoms with E-state index in [0.29, 0.717) is 17.2 Å². The molecule has 1 aliphatic rings. The first-order valence-electron chi connectivity index (χ1n) is 10.8. The molecule has 32 heavy (non-hydrogen) atoms. The maximum Gasteiger partial charge on any atom is 0.240 e. The van der Waals surface area contributed by atoms with E-state index in [9.17, 15) is 8.42 Å². The molecule has 0 spiro atoms. The Morgan fingerprint density at radius 3 is 2.59 bits per heavy atom. The Hall–Kier alpha value is -2.22. The third kappa shape index (κ3) is 3.66. The van der Waals surface area contributed by atoms with Crippen LogP contribution in [0.4, 0.5) is 5.69 Å². The van der Waals surface area contributed by atoms with Crippen LogP contribution in [0.3, 0.4) is 0 Å². The quantitative estimate of drug-likeness (QED) is 0.523. The van der Waals surface area contributed by atoms with Crippen LogP contribution >= 0.6 is 12.6 Å². The van der Waals surface area contributed by atoms with Gasteiger partial charge in [-0.25, -0.2) is 13.1 Å². The lowest BCUT2D eigenvalue weighted by molar-refractivity contribution is 0.488. The third-order valence-corrected chi connectivity index (χ3v) is 8.49. The van der Waals surface area contributed by atoms with E-state index in [4.69, 9.17) is 0 Å². The van der Waals surface area contributed by atoms with Crippen LogP contribution in [-0.4, -0.2) is 38.4 Å². The summed E-state index contributed by atoms with van der Waals surface area (Å²) in [6.45, 7) is 6.81. The molecule has 0 radical (unpaired) electrons. The highest BCUT2D eigenvalue weighted by Crippen LogP contribution is 2.46. The average molecular weight is 470 g/mol. The number of hydrogen-bond donors (Lipinski definition) is 2. The van der Waals surface area contributed by atoms with E-state index < -0.39 is 10.0 Å². The minimum Gasteiger partial charge on any atom is -0.367 e. The largest absolute Gasteiger partial charge is 0.367 e. The molecule has 1 aliphatic heterocycles. The zero-order valence-corrected chi connectivity index (χ0v) is 21.0. The van der Waals surface area contributed by atoms with Crippen molar-refractivity contribution in [2.24, 2.45) is 7.05 Å². The van der Waals surface area contributed by atoms with Gasteiger partial charge in [-0.2, -0.15) is 12.6 Å². The van der Waals surface area contributed by atoms with Crippen molar-refractivity contribution in [3.05, 3.63) is 65.4 Å². The highest BCUT2D eigenvalue weighted by Gasteiger charge is 2.42. The number of benzene rings is 2. The molecule has 0 saturated carbocycles. The summed E-state index contributed by atoms with van der Waals surface area (Å²) in [7, 11) is 0.623. The molecule has 2 aromatic carbocycles. The van der Waals surface area contributed by atoms with Crippen LogP contribution in [0.15, 0.2) is 53.4 Å². The number of aromatic nitrogens is 1. The van der Waals surface area contributed by atoms with Crippen LogP contribution in [0, 0.1) is 6.92 Å². The van der Waals surface area contributed by atoms with Crippen molar-refractivity contribution < 1.29 is 8.42 Å². The van der Waals surface area contributed by atoms with Gasteiger partial charge in [-0.05, 0) is 36.8 Å². The Morgan fingerprint density at radius 1 is 1.16 bits per heavy atom. The number of nitrogens with one attached hydrogen (secondary N) is 1. The van der Waals surface area contributed by atoms with E-state index in [-0.39, 0.29) is 11.5 Å². The van der Waals surface area contributed by atoms with Gasteiger partial charge in [0.05, 0.1) is 10.9 Å². The van der Waals surface area contributed by atoms with Gasteiger partial charge >= 0.3 is 0 Å². The van der Waals surface area contributed by atoms with Gasteiger partial charge in [0, 0.05) is 59.7 Å². The molecule has 0 bridgehead atoms. The number of likely N-dealkylation sites (N-methyl/N-ethyl adjacent to an activating group) is 1. The Kier molecular flexibility index (Phi) is 5.94. The lowest BCUT2D eigenvalue weighted by Crippen LogP contribution is -2.37. The summed E-state index contributed by atoms with van der Waals surface area (Å²) in [5, 5.41) is 1.24. The maximum absolute atomic E-state index is 12.7. The van der Waals surface area contributed by atoms with E-state index in [1.807, 2.05) is 12.1 Å². The minimum absolute atomic E-state index is 0.0965. The maximum atomic E-state index is 12.7. The molecule has 1 N–H and O–H groups in total. The van der Waals surface area contributed by atoms with Crippen molar-refractivity contribution in [2.75, 3.05) is 24.2 Å². The van der Waals surface area contributed by atoms with Gasteiger partial charge in [0.15, 0.2) is 0 Å². The van der Waals surface area contributed by atoms with Gasteiger partial charge in [-0.3, -0.25) is 0 Å². The SMILES string of the molecule is Cc1c(/C=C/C2N(C)c3ccc(S(=O)(=O)NCCS)cc3C2(C)C)c2ccccc2n1C. The van der Waals surface area contributed by atoms with Crippen LogP contribution in [0.2, 0.25) is 0 Å². The standard InChI is InChI=1S/C25H31N3O2S2/c1-17-19(20-8-6-7-9-22(20)27(17)4)11-13-24-25(2,3)21-16-18(10-12-23(21)28(24)5)32(29,30)26-14-15-31/h6-13,16,24,26,31H,14-15H2,1-5H3/b13-11+. The summed E-state index contributed by atoms with van der Waals surface area (Å²) in [5.41, 5.74) is 5.51. The molecule has 3 aromatic rings. The second-order valence-electron chi connectivity index (χ2n) is 9.01. The molecule has 1 atom stereocenters. The molecule has 0 saturated heterocycles. The first kappa shape index (κ1) is 23.0. The minimum atomic E-state index is -3.55. The van der Waals surface area contributed by atoms with Crippen molar-refractivity contribution in [2.45, 2.75) is 37.1 Å². The van der Waals surface area contributed by atoms with Crippen molar-refractivity contribution >= 4 is 45.3 Å². The van der Waals surface area contributed by atoms with Crippen molar-refractivity contribution in [3.8, 4) is 0 Å². The van der Waals surface area contributed by atoms with Gasteiger partial charge in [0.25, 0.3) is 0 Å². The van der Waals surface area contributed by atoms with E-state index in [1.54, 1.807) is 6.07 Å². The molecule has 1 unspecified atom stereocenters. The first-order chi connectivity index (χ1) is 15.1. The summed E-state index contributed by atoms with van der Waals surface area (Å²) in [5.74, 6) is 0.457. The van der Waals surface area contributed by atoms with Gasteiger partial charge in [0.2, 0.25) is 10.0 Å². The number of aryl methyl sites for hydroxylation is 1. The van der Waals surface area contributed by atoms with Crippen molar-refractivity contribution in [3.63, 3.8) is 0 Å². The summed E-state index contributed by atoms with van der Waals surface area (Å²) in [4.78, 5) is 2.54. The molecule has 5 nitrogen and oxygen atoms in total. The van der Waals surface area contributed by atoms with Gasteiger partial charge in [0.1, 0.15) is 0 Å². The fraction of sp³-hybridized carbons (Fsp3) is 0.360. The van der Waals surface area contributed by atoms with E-state index in [1.165, 1.54) is 22.2 Å². The van der Waals surface area contributed by atoms with Gasteiger partial charge < -0.3 is 9.47 Å². The predicted molar refractivity (Wildman–Crippen MR) is 137 cm³/mol. The Morgan fingerprint density at radius 2 is 1.88 bits per heavy atom. The van der Waals surface area contributed by atoms with E-state index in [2.05, 4.69) is 98.1 Å². The topological polar surface area (TPSA) is 54.3 Å².